The van der Waals surface area contributed by atoms with Gasteiger partial charge in [-0.15, -0.1) is 0 Å². The van der Waals surface area contributed by atoms with Gasteiger partial charge < -0.3 is 10.6 Å². The lowest BCUT2D eigenvalue weighted by Gasteiger charge is -2.26. The summed E-state index contributed by atoms with van der Waals surface area (Å²) in [7, 11) is 0. The number of aryl methyl sites for hydroxylation is 3. The van der Waals surface area contributed by atoms with Gasteiger partial charge in [0.15, 0.2) is 0 Å². The van der Waals surface area contributed by atoms with Gasteiger partial charge in [0.1, 0.15) is 0 Å². The summed E-state index contributed by atoms with van der Waals surface area (Å²) in [5.74, 6) is 0. The molecule has 0 aliphatic rings. The number of hydrogen-bond donors (Lipinski definition) is 1. The zero-order valence-corrected chi connectivity index (χ0v) is 15.1. The minimum absolute atomic E-state index is 0.726. The van der Waals surface area contributed by atoms with Crippen LogP contribution in [0.3, 0.4) is 0 Å². The molecule has 0 amide bonds. The Bertz CT molecular complexity index is 793. The zero-order chi connectivity index (χ0) is 17.6. The minimum Gasteiger partial charge on any atom is -0.330 e. The predicted octanol–water partition coefficient (Wildman–Crippen LogP) is 5.66. The average Bonchev–Trinajstić information content (AvgIpc) is 2.61. The van der Waals surface area contributed by atoms with Crippen molar-refractivity contribution in [3.05, 3.63) is 89.5 Å². The lowest BCUT2D eigenvalue weighted by molar-refractivity contribution is 0.832. The van der Waals surface area contributed by atoms with E-state index in [1.165, 1.54) is 33.8 Å². The van der Waals surface area contributed by atoms with Gasteiger partial charge in [0.2, 0.25) is 0 Å². The largest absolute Gasteiger partial charge is 0.330 e. The van der Waals surface area contributed by atoms with E-state index in [4.69, 9.17) is 5.73 Å². The highest BCUT2D eigenvalue weighted by molar-refractivity contribution is 5.77. The Kier molecular flexibility index (Phi) is 5.52. The maximum Gasteiger partial charge on any atom is 0.0464 e. The van der Waals surface area contributed by atoms with Crippen molar-refractivity contribution in [2.24, 2.45) is 5.73 Å². The average molecular weight is 330 g/mol. The van der Waals surface area contributed by atoms with Crippen molar-refractivity contribution in [2.75, 3.05) is 11.4 Å². The molecule has 3 aromatic carbocycles. The molecule has 25 heavy (non-hydrogen) atoms. The summed E-state index contributed by atoms with van der Waals surface area (Å²) < 4.78 is 0. The highest BCUT2D eigenvalue weighted by Crippen LogP contribution is 2.35. The molecule has 3 aromatic rings. The summed E-state index contributed by atoms with van der Waals surface area (Å²) in [6, 6.07) is 26.1. The molecular weight excluding hydrogens is 304 g/mol. The van der Waals surface area contributed by atoms with E-state index in [1.807, 2.05) is 0 Å². The molecule has 2 heteroatoms. The summed E-state index contributed by atoms with van der Waals surface area (Å²) >= 11 is 0. The molecule has 0 radical (unpaired) electrons. The van der Waals surface area contributed by atoms with E-state index in [1.54, 1.807) is 0 Å². The van der Waals surface area contributed by atoms with Crippen LogP contribution in [0, 0.1) is 13.8 Å². The molecule has 0 atom stereocenters. The molecule has 0 unspecified atom stereocenters. The van der Waals surface area contributed by atoms with Crippen molar-refractivity contribution in [3.63, 3.8) is 0 Å². The number of nitrogens with two attached hydrogens (primary N) is 1. The number of rotatable bonds is 6. The van der Waals surface area contributed by atoms with E-state index in [-0.39, 0.29) is 0 Å². The first-order valence-electron chi connectivity index (χ1n) is 8.90. The van der Waals surface area contributed by atoms with Crippen LogP contribution in [-0.2, 0) is 6.42 Å². The molecule has 0 saturated carbocycles. The van der Waals surface area contributed by atoms with Gasteiger partial charge in [-0.1, -0.05) is 36.4 Å². The molecule has 0 saturated heterocycles. The van der Waals surface area contributed by atoms with Crippen molar-refractivity contribution in [1.82, 2.24) is 0 Å². The van der Waals surface area contributed by atoms with Crippen LogP contribution in [0.2, 0.25) is 0 Å². The van der Waals surface area contributed by atoms with Gasteiger partial charge in [0.05, 0.1) is 0 Å². The van der Waals surface area contributed by atoms with Gasteiger partial charge in [-0.25, -0.2) is 0 Å². The Labute approximate surface area is 150 Å². The maximum atomic E-state index is 5.68. The third kappa shape index (κ3) is 4.28. The molecular formula is C23H26N2. The monoisotopic (exact) mass is 330 g/mol. The molecule has 2 nitrogen and oxygen atoms in total. The van der Waals surface area contributed by atoms with E-state index >= 15 is 0 Å². The fraction of sp³-hybridized carbons (Fsp3) is 0.217. The second kappa shape index (κ2) is 8.00. The second-order valence-electron chi connectivity index (χ2n) is 6.58. The Balaban J connectivity index is 2.08. The van der Waals surface area contributed by atoms with Gasteiger partial charge in [0, 0.05) is 17.1 Å². The summed E-state index contributed by atoms with van der Waals surface area (Å²) in [5.41, 5.74) is 13.1. The van der Waals surface area contributed by atoms with Crippen molar-refractivity contribution in [3.8, 4) is 0 Å². The predicted molar refractivity (Wildman–Crippen MR) is 108 cm³/mol. The van der Waals surface area contributed by atoms with E-state index in [0.29, 0.717) is 0 Å². The quantitative estimate of drug-likeness (QED) is 0.631. The van der Waals surface area contributed by atoms with Gasteiger partial charge in [-0.05, 0) is 86.3 Å². The molecule has 128 valence electrons. The standard InChI is InChI=1S/C23H26N2/c1-18-7-3-11-21(15-18)25(22-12-4-8-19(2)16-22)23-13-5-9-20(17-23)10-6-14-24/h3-5,7-9,11-13,15-17H,6,10,14,24H2,1-2H3. The summed E-state index contributed by atoms with van der Waals surface area (Å²) in [6.45, 7) is 4.99. The van der Waals surface area contributed by atoms with E-state index in [9.17, 15) is 0 Å². The van der Waals surface area contributed by atoms with E-state index < -0.39 is 0 Å². The van der Waals surface area contributed by atoms with Gasteiger partial charge >= 0.3 is 0 Å². The van der Waals surface area contributed by atoms with Crippen LogP contribution in [-0.4, -0.2) is 6.54 Å². The van der Waals surface area contributed by atoms with Crippen LogP contribution < -0.4 is 10.6 Å². The molecule has 0 fully saturated rings. The first-order chi connectivity index (χ1) is 12.2. The fourth-order valence-electron chi connectivity index (χ4n) is 3.14. The van der Waals surface area contributed by atoms with Gasteiger partial charge in [-0.3, -0.25) is 0 Å². The highest BCUT2D eigenvalue weighted by Gasteiger charge is 2.13. The Morgan fingerprint density at radius 1 is 0.720 bits per heavy atom. The third-order valence-electron chi connectivity index (χ3n) is 4.36. The highest BCUT2D eigenvalue weighted by atomic mass is 15.1. The van der Waals surface area contributed by atoms with Crippen molar-refractivity contribution in [2.45, 2.75) is 26.7 Å². The van der Waals surface area contributed by atoms with Crippen molar-refractivity contribution >= 4 is 17.1 Å². The smallest absolute Gasteiger partial charge is 0.0464 e. The lowest BCUT2D eigenvalue weighted by Crippen LogP contribution is -2.10. The van der Waals surface area contributed by atoms with E-state index in [0.717, 1.165) is 19.4 Å². The molecule has 0 aliphatic heterocycles. The molecule has 0 aliphatic carbocycles. The number of anilines is 3. The van der Waals surface area contributed by atoms with Crippen molar-refractivity contribution in [1.29, 1.82) is 0 Å². The molecule has 3 rings (SSSR count). The zero-order valence-electron chi connectivity index (χ0n) is 15.1. The normalized spacial score (nSPS) is 10.7. The van der Waals surface area contributed by atoms with Gasteiger partial charge in [-0.2, -0.15) is 0 Å². The number of nitrogens with zero attached hydrogens (tertiary/aromatic N) is 1. The molecule has 0 aromatic heterocycles. The van der Waals surface area contributed by atoms with Gasteiger partial charge in [0.25, 0.3) is 0 Å². The summed E-state index contributed by atoms with van der Waals surface area (Å²) in [6.07, 6.45) is 2.03. The van der Waals surface area contributed by atoms with Crippen LogP contribution in [0.4, 0.5) is 17.1 Å². The topological polar surface area (TPSA) is 29.3 Å². The van der Waals surface area contributed by atoms with Crippen molar-refractivity contribution < 1.29 is 0 Å². The minimum atomic E-state index is 0.726. The Hall–Kier alpha value is -2.58. The van der Waals surface area contributed by atoms with Crippen LogP contribution in [0.5, 0.6) is 0 Å². The second-order valence-corrected chi connectivity index (χ2v) is 6.58. The van der Waals surface area contributed by atoms with E-state index in [2.05, 4.69) is 91.5 Å². The molecule has 0 bridgehead atoms. The molecule has 0 heterocycles. The molecule has 0 spiro atoms. The van der Waals surface area contributed by atoms with Crippen LogP contribution in [0.1, 0.15) is 23.1 Å². The number of hydrogen-bond acceptors (Lipinski definition) is 2. The molecule has 2 N–H and O–H groups in total. The SMILES string of the molecule is Cc1cccc(N(c2cccc(C)c2)c2cccc(CCCN)c2)c1. The summed E-state index contributed by atoms with van der Waals surface area (Å²) in [4.78, 5) is 2.33. The van der Waals surface area contributed by atoms with Crippen LogP contribution in [0.15, 0.2) is 72.8 Å². The Morgan fingerprint density at radius 2 is 1.24 bits per heavy atom. The van der Waals surface area contributed by atoms with Crippen LogP contribution in [0.25, 0.3) is 0 Å². The maximum absolute atomic E-state index is 5.68. The number of benzene rings is 3. The lowest BCUT2D eigenvalue weighted by atomic mass is 10.1. The Morgan fingerprint density at radius 3 is 1.76 bits per heavy atom. The first-order valence-corrected chi connectivity index (χ1v) is 8.90. The summed E-state index contributed by atoms with van der Waals surface area (Å²) in [5, 5.41) is 0. The van der Waals surface area contributed by atoms with Crippen LogP contribution >= 0.6 is 0 Å². The fourth-order valence-corrected chi connectivity index (χ4v) is 3.14. The first kappa shape index (κ1) is 17.2. The third-order valence-corrected chi connectivity index (χ3v) is 4.36.